The van der Waals surface area contributed by atoms with Crippen molar-refractivity contribution in [1.29, 1.82) is 0 Å². The fourth-order valence-corrected chi connectivity index (χ4v) is 2.72. The van der Waals surface area contributed by atoms with Crippen molar-refractivity contribution in [2.24, 2.45) is 0 Å². The molecule has 0 heterocycles. The van der Waals surface area contributed by atoms with Gasteiger partial charge in [-0.2, -0.15) is 0 Å². The third kappa shape index (κ3) is 22.0. The van der Waals surface area contributed by atoms with Crippen LogP contribution in [0.15, 0.2) is 24.3 Å². The molecule has 2 N–H and O–H groups in total. The molecule has 0 unspecified atom stereocenters. The second-order valence-corrected chi connectivity index (χ2v) is 7.61. The van der Waals surface area contributed by atoms with E-state index < -0.39 is 0 Å². The van der Waals surface area contributed by atoms with E-state index in [1.165, 1.54) is 7.11 Å². The van der Waals surface area contributed by atoms with Gasteiger partial charge in [-0.3, -0.25) is 4.79 Å². The fraction of sp³-hybridized carbons (Fsp3) is 0.731. The quantitative estimate of drug-likeness (QED) is 0.0921. The van der Waals surface area contributed by atoms with Crippen LogP contribution in [0.5, 0.6) is 5.75 Å². The van der Waals surface area contributed by atoms with E-state index in [1.807, 2.05) is 18.2 Å². The summed E-state index contributed by atoms with van der Waals surface area (Å²) in [6, 6.07) is 7.36. The summed E-state index contributed by atoms with van der Waals surface area (Å²) in [4.78, 5) is 10.9. The number of benzene rings is 1. The number of rotatable bonds is 28. The highest BCUT2D eigenvalue weighted by Gasteiger charge is 2.00. The Balaban J connectivity index is 1.66. The van der Waals surface area contributed by atoms with E-state index in [9.17, 15) is 4.79 Å². The number of nitrogen functional groups attached to an aromatic ring is 1. The molecule has 0 spiro atoms. The molecule has 0 fully saturated rings. The van der Waals surface area contributed by atoms with Gasteiger partial charge in [-0.25, -0.2) is 0 Å². The van der Waals surface area contributed by atoms with Gasteiger partial charge in [0.1, 0.15) is 12.4 Å². The first-order valence-electron chi connectivity index (χ1n) is 12.9. The smallest absolute Gasteiger partial charge is 0.307 e. The summed E-state index contributed by atoms with van der Waals surface area (Å²) in [7, 11) is 1.35. The van der Waals surface area contributed by atoms with Gasteiger partial charge in [0, 0.05) is 0 Å². The van der Waals surface area contributed by atoms with Crippen LogP contribution < -0.4 is 10.5 Å². The molecule has 0 aliphatic heterocycles. The van der Waals surface area contributed by atoms with Gasteiger partial charge in [-0.05, 0) is 12.1 Å². The average Bonchev–Trinajstić information content (AvgIpc) is 2.93. The van der Waals surface area contributed by atoms with Crippen molar-refractivity contribution in [3.63, 3.8) is 0 Å². The Hall–Kier alpha value is -2.03. The van der Waals surface area contributed by atoms with Crippen molar-refractivity contribution in [2.45, 2.75) is 6.42 Å². The zero-order valence-corrected chi connectivity index (χ0v) is 22.6. The molecule has 1 aromatic rings. The van der Waals surface area contributed by atoms with Crippen LogP contribution in [0.4, 0.5) is 5.69 Å². The summed E-state index contributed by atoms with van der Waals surface area (Å²) >= 11 is 0. The zero-order chi connectivity index (χ0) is 27.4. The number of hydrogen-bond acceptors (Lipinski definition) is 12. The van der Waals surface area contributed by atoms with Crippen molar-refractivity contribution >= 4 is 11.7 Å². The molecule has 0 saturated heterocycles. The predicted octanol–water partition coefficient (Wildman–Crippen LogP) is 1.34. The summed E-state index contributed by atoms with van der Waals surface area (Å²) < 4.78 is 53.3. The topological polar surface area (TPSA) is 135 Å². The molecule has 0 radical (unpaired) electrons. The number of esters is 1. The van der Waals surface area contributed by atoms with E-state index in [0.717, 1.165) is 0 Å². The summed E-state index contributed by atoms with van der Waals surface area (Å²) in [5.41, 5.74) is 6.42. The van der Waals surface area contributed by atoms with Crippen molar-refractivity contribution in [2.75, 3.05) is 125 Å². The van der Waals surface area contributed by atoms with E-state index in [2.05, 4.69) is 4.74 Å². The summed E-state index contributed by atoms with van der Waals surface area (Å²) in [5, 5.41) is 0. The minimum Gasteiger partial charge on any atom is -0.489 e. The van der Waals surface area contributed by atoms with Crippen molar-refractivity contribution in [3.05, 3.63) is 24.3 Å². The number of anilines is 1. The molecule has 0 aromatic heterocycles. The Labute approximate surface area is 225 Å². The second kappa shape index (κ2) is 26.6. The molecular weight excluding hydrogens is 502 g/mol. The zero-order valence-electron chi connectivity index (χ0n) is 22.6. The van der Waals surface area contributed by atoms with Gasteiger partial charge in [-0.1, -0.05) is 12.1 Å². The maximum Gasteiger partial charge on any atom is 0.307 e. The minimum absolute atomic E-state index is 0.246. The first-order chi connectivity index (χ1) is 18.7. The molecule has 0 amide bonds. The van der Waals surface area contributed by atoms with Gasteiger partial charge in [0.2, 0.25) is 0 Å². The third-order valence-corrected chi connectivity index (χ3v) is 4.69. The van der Waals surface area contributed by atoms with Gasteiger partial charge >= 0.3 is 5.97 Å². The lowest BCUT2D eigenvalue weighted by Gasteiger charge is -2.09. The standard InChI is InChI=1S/C26H45NO11/c1-29-26(28)6-7-30-8-9-31-10-11-32-12-13-33-14-15-34-16-17-35-18-19-36-20-21-37-22-23-38-25-5-3-2-4-24(25)27/h2-5H,6-23,27H2,1H3. The molecule has 12 heteroatoms. The fourth-order valence-electron chi connectivity index (χ4n) is 2.72. The van der Waals surface area contributed by atoms with Crippen LogP contribution in [0, 0.1) is 0 Å². The molecule has 0 bridgehead atoms. The SMILES string of the molecule is COC(=O)CCOCCOCCOCCOCCOCCOCCOCCOCCOc1ccccc1N. The minimum atomic E-state index is -0.285. The number of methoxy groups -OCH3 is 1. The maximum absolute atomic E-state index is 10.9. The van der Waals surface area contributed by atoms with Gasteiger partial charge in [0.05, 0.1) is 125 Å². The molecule has 0 aliphatic rings. The Morgan fingerprint density at radius 2 is 0.895 bits per heavy atom. The van der Waals surface area contributed by atoms with Crippen LogP contribution >= 0.6 is 0 Å². The van der Waals surface area contributed by atoms with Crippen LogP contribution in [0.1, 0.15) is 6.42 Å². The first-order valence-corrected chi connectivity index (χ1v) is 12.9. The molecule has 38 heavy (non-hydrogen) atoms. The second-order valence-electron chi connectivity index (χ2n) is 7.61. The van der Waals surface area contributed by atoms with E-state index >= 15 is 0 Å². The van der Waals surface area contributed by atoms with Crippen LogP contribution in [0.3, 0.4) is 0 Å². The highest BCUT2D eigenvalue weighted by Crippen LogP contribution is 2.19. The molecule has 1 aromatic carbocycles. The number of ether oxygens (including phenoxy) is 10. The summed E-state index contributed by atoms with van der Waals surface area (Å²) in [6.07, 6.45) is 0.246. The van der Waals surface area contributed by atoms with E-state index in [0.29, 0.717) is 124 Å². The molecule has 0 atom stereocenters. The lowest BCUT2D eigenvalue weighted by molar-refractivity contribution is -0.141. The van der Waals surface area contributed by atoms with E-state index in [1.54, 1.807) is 6.07 Å². The Morgan fingerprint density at radius 3 is 1.26 bits per heavy atom. The Morgan fingerprint density at radius 1 is 0.553 bits per heavy atom. The largest absolute Gasteiger partial charge is 0.489 e. The molecule has 12 nitrogen and oxygen atoms in total. The lowest BCUT2D eigenvalue weighted by Crippen LogP contribution is -2.15. The van der Waals surface area contributed by atoms with Crippen molar-refractivity contribution in [3.8, 4) is 5.75 Å². The normalized spacial score (nSPS) is 11.1. The van der Waals surface area contributed by atoms with Crippen LogP contribution in [0.25, 0.3) is 0 Å². The van der Waals surface area contributed by atoms with E-state index in [-0.39, 0.29) is 12.4 Å². The van der Waals surface area contributed by atoms with Crippen LogP contribution in [-0.4, -0.2) is 125 Å². The number of nitrogens with two attached hydrogens (primary N) is 1. The van der Waals surface area contributed by atoms with Crippen molar-refractivity contribution < 1.29 is 52.2 Å². The van der Waals surface area contributed by atoms with Crippen molar-refractivity contribution in [1.82, 2.24) is 0 Å². The number of carbonyl (C=O) groups is 1. The molecule has 220 valence electrons. The molecule has 0 aliphatic carbocycles. The highest BCUT2D eigenvalue weighted by atomic mass is 16.6. The summed E-state index contributed by atoms with van der Waals surface area (Å²) in [6.45, 7) is 8.03. The number of carbonyl (C=O) groups excluding carboxylic acids is 1. The highest BCUT2D eigenvalue weighted by molar-refractivity contribution is 5.69. The number of para-hydroxylation sites is 2. The first kappa shape index (κ1) is 34.0. The van der Waals surface area contributed by atoms with Crippen LogP contribution in [-0.2, 0) is 47.4 Å². The predicted molar refractivity (Wildman–Crippen MR) is 140 cm³/mol. The molecule has 1 rings (SSSR count). The van der Waals surface area contributed by atoms with Crippen LogP contribution in [0.2, 0.25) is 0 Å². The average molecular weight is 548 g/mol. The maximum atomic E-state index is 10.9. The van der Waals surface area contributed by atoms with Gasteiger partial charge in [0.15, 0.2) is 0 Å². The lowest BCUT2D eigenvalue weighted by atomic mass is 10.3. The van der Waals surface area contributed by atoms with Gasteiger partial charge in [-0.15, -0.1) is 0 Å². The summed E-state index contributed by atoms with van der Waals surface area (Å²) in [5.74, 6) is 0.381. The molecular formula is C26H45NO11. The van der Waals surface area contributed by atoms with Gasteiger partial charge < -0.3 is 53.1 Å². The van der Waals surface area contributed by atoms with E-state index in [4.69, 9.17) is 48.4 Å². The Bertz CT molecular complexity index is 666. The third-order valence-electron chi connectivity index (χ3n) is 4.69. The molecule has 0 saturated carbocycles. The number of hydrogen-bond donors (Lipinski definition) is 1. The Kier molecular flexibility index (Phi) is 23.8. The van der Waals surface area contributed by atoms with Gasteiger partial charge in [0.25, 0.3) is 0 Å². The monoisotopic (exact) mass is 547 g/mol.